The number of nitrogens with one attached hydrogen (secondary N) is 1. The highest BCUT2D eigenvalue weighted by Crippen LogP contribution is 2.22. The van der Waals surface area contributed by atoms with Crippen molar-refractivity contribution in [2.75, 3.05) is 32.8 Å². The standard InChI is InChI=1S/C13H16FN3O4/c14-11-8-10(17(19)20)2-3-12(11)21-9-13(18)16-6-1-4-15-5-7-16/h2-3,8,15H,1,4-7,9H2. The molecule has 0 aliphatic carbocycles. The zero-order chi connectivity index (χ0) is 15.2. The first-order chi connectivity index (χ1) is 10.1. The van der Waals surface area contributed by atoms with Crippen LogP contribution in [-0.4, -0.2) is 48.5 Å². The molecule has 0 atom stereocenters. The minimum atomic E-state index is -0.852. The zero-order valence-electron chi connectivity index (χ0n) is 11.4. The van der Waals surface area contributed by atoms with E-state index in [0.29, 0.717) is 13.1 Å². The second-order valence-electron chi connectivity index (χ2n) is 4.64. The summed E-state index contributed by atoms with van der Waals surface area (Å²) in [5, 5.41) is 13.7. The quantitative estimate of drug-likeness (QED) is 0.660. The van der Waals surface area contributed by atoms with Crippen molar-refractivity contribution in [3.63, 3.8) is 0 Å². The lowest BCUT2D eigenvalue weighted by atomic mass is 10.3. The molecule has 1 amide bonds. The number of nitro benzene ring substituents is 1. The van der Waals surface area contributed by atoms with Gasteiger partial charge in [-0.2, -0.15) is 0 Å². The van der Waals surface area contributed by atoms with Crippen molar-refractivity contribution in [1.82, 2.24) is 10.2 Å². The number of nitro groups is 1. The van der Waals surface area contributed by atoms with Gasteiger partial charge in [0, 0.05) is 25.7 Å². The monoisotopic (exact) mass is 297 g/mol. The highest BCUT2D eigenvalue weighted by Gasteiger charge is 2.17. The Balaban J connectivity index is 1.93. The lowest BCUT2D eigenvalue weighted by Gasteiger charge is -2.20. The van der Waals surface area contributed by atoms with Gasteiger partial charge in [0.05, 0.1) is 11.0 Å². The van der Waals surface area contributed by atoms with E-state index >= 15 is 0 Å². The number of nitrogens with zero attached hydrogens (tertiary/aromatic N) is 2. The Labute approximate surface area is 120 Å². The molecule has 114 valence electrons. The number of carbonyl (C=O) groups excluding carboxylic acids is 1. The average molecular weight is 297 g/mol. The number of halogens is 1. The zero-order valence-corrected chi connectivity index (χ0v) is 11.4. The molecule has 21 heavy (non-hydrogen) atoms. The van der Waals surface area contributed by atoms with Crippen LogP contribution in [0.5, 0.6) is 5.75 Å². The third-order valence-electron chi connectivity index (χ3n) is 3.17. The number of amides is 1. The Morgan fingerprint density at radius 3 is 2.95 bits per heavy atom. The summed E-state index contributed by atoms with van der Waals surface area (Å²) in [6, 6.07) is 3.07. The fraction of sp³-hybridized carbons (Fsp3) is 0.462. The van der Waals surface area contributed by atoms with Crippen molar-refractivity contribution in [2.24, 2.45) is 0 Å². The molecular weight excluding hydrogens is 281 g/mol. The van der Waals surface area contributed by atoms with Gasteiger partial charge in [0.2, 0.25) is 0 Å². The van der Waals surface area contributed by atoms with E-state index in [1.165, 1.54) is 0 Å². The maximum Gasteiger partial charge on any atom is 0.272 e. The number of hydrogen-bond donors (Lipinski definition) is 1. The first kappa shape index (κ1) is 15.2. The van der Waals surface area contributed by atoms with Gasteiger partial charge in [-0.1, -0.05) is 0 Å². The van der Waals surface area contributed by atoms with E-state index in [1.54, 1.807) is 4.90 Å². The van der Waals surface area contributed by atoms with E-state index in [0.717, 1.165) is 37.7 Å². The van der Waals surface area contributed by atoms with E-state index < -0.39 is 10.7 Å². The average Bonchev–Trinajstić information content (AvgIpc) is 2.74. The number of non-ortho nitro benzene ring substituents is 1. The molecule has 0 radical (unpaired) electrons. The number of ether oxygens (including phenoxy) is 1. The molecule has 1 saturated heterocycles. The van der Waals surface area contributed by atoms with Crippen molar-refractivity contribution >= 4 is 11.6 Å². The summed E-state index contributed by atoms with van der Waals surface area (Å²) < 4.78 is 18.7. The van der Waals surface area contributed by atoms with Gasteiger partial charge in [0.15, 0.2) is 18.2 Å². The van der Waals surface area contributed by atoms with E-state index in [1.807, 2.05) is 0 Å². The molecule has 1 aromatic carbocycles. The summed E-state index contributed by atoms with van der Waals surface area (Å²) in [4.78, 5) is 23.4. The third kappa shape index (κ3) is 4.12. The van der Waals surface area contributed by atoms with Gasteiger partial charge >= 0.3 is 0 Å². The lowest BCUT2D eigenvalue weighted by molar-refractivity contribution is -0.385. The summed E-state index contributed by atoms with van der Waals surface area (Å²) >= 11 is 0. The van der Waals surface area contributed by atoms with Crippen LogP contribution in [-0.2, 0) is 4.79 Å². The minimum absolute atomic E-state index is 0.165. The maximum absolute atomic E-state index is 13.6. The highest BCUT2D eigenvalue weighted by atomic mass is 19.1. The van der Waals surface area contributed by atoms with E-state index in [9.17, 15) is 19.3 Å². The van der Waals surface area contributed by atoms with Crippen molar-refractivity contribution in [3.05, 3.63) is 34.1 Å². The number of hydrogen-bond acceptors (Lipinski definition) is 5. The molecule has 8 heteroatoms. The molecule has 0 bridgehead atoms. The van der Waals surface area contributed by atoms with Crippen LogP contribution in [0.25, 0.3) is 0 Å². The van der Waals surface area contributed by atoms with Crippen molar-refractivity contribution in [1.29, 1.82) is 0 Å². The van der Waals surface area contributed by atoms with Crippen molar-refractivity contribution in [3.8, 4) is 5.75 Å². The Morgan fingerprint density at radius 1 is 1.43 bits per heavy atom. The maximum atomic E-state index is 13.6. The van der Waals surface area contributed by atoms with Crippen molar-refractivity contribution in [2.45, 2.75) is 6.42 Å². The SMILES string of the molecule is O=C(COc1ccc([N+](=O)[O-])cc1F)N1CCCNCC1. The molecule has 1 aliphatic rings. The van der Waals surface area contributed by atoms with Gasteiger partial charge in [-0.25, -0.2) is 4.39 Å². The molecule has 0 saturated carbocycles. The van der Waals surface area contributed by atoms with Crippen LogP contribution in [0.2, 0.25) is 0 Å². The first-order valence-electron chi connectivity index (χ1n) is 6.63. The Bertz CT molecular complexity index is 530. The lowest BCUT2D eigenvalue weighted by Crippen LogP contribution is -2.37. The number of benzene rings is 1. The fourth-order valence-electron chi connectivity index (χ4n) is 2.05. The summed E-state index contributed by atoms with van der Waals surface area (Å²) in [5.41, 5.74) is -0.357. The van der Waals surface area contributed by atoms with Gasteiger partial charge in [0.1, 0.15) is 0 Å². The van der Waals surface area contributed by atoms with Gasteiger partial charge in [0.25, 0.3) is 11.6 Å². The Morgan fingerprint density at radius 2 is 2.24 bits per heavy atom. The van der Waals surface area contributed by atoms with Crippen LogP contribution in [0, 0.1) is 15.9 Å². The van der Waals surface area contributed by atoms with Crippen LogP contribution in [0.1, 0.15) is 6.42 Å². The number of rotatable bonds is 4. The third-order valence-corrected chi connectivity index (χ3v) is 3.17. The largest absolute Gasteiger partial charge is 0.481 e. The molecule has 0 unspecified atom stereocenters. The van der Waals surface area contributed by atoms with Crippen molar-refractivity contribution < 1.29 is 18.8 Å². The smallest absolute Gasteiger partial charge is 0.272 e. The molecule has 1 aliphatic heterocycles. The van der Waals surface area contributed by atoms with Crippen LogP contribution < -0.4 is 10.1 Å². The van der Waals surface area contributed by atoms with Crippen LogP contribution in [0.4, 0.5) is 10.1 Å². The molecule has 2 rings (SSSR count). The van der Waals surface area contributed by atoms with Gasteiger partial charge in [-0.05, 0) is 19.0 Å². The molecule has 1 aromatic rings. The van der Waals surface area contributed by atoms with Gasteiger partial charge in [-0.15, -0.1) is 0 Å². The Hall–Kier alpha value is -2.22. The van der Waals surface area contributed by atoms with Crippen LogP contribution in [0.3, 0.4) is 0 Å². The molecule has 0 spiro atoms. The minimum Gasteiger partial charge on any atom is -0.481 e. The molecule has 0 aromatic heterocycles. The topological polar surface area (TPSA) is 84.7 Å². The predicted octanol–water partition coefficient (Wildman–Crippen LogP) is 0.935. The molecule has 1 N–H and O–H groups in total. The highest BCUT2D eigenvalue weighted by molar-refractivity contribution is 5.77. The summed E-state index contributed by atoms with van der Waals surface area (Å²) in [5.74, 6) is -1.24. The van der Waals surface area contributed by atoms with E-state index in [2.05, 4.69) is 5.32 Å². The summed E-state index contributed by atoms with van der Waals surface area (Å²) in [6.45, 7) is 2.52. The van der Waals surface area contributed by atoms with Crippen LogP contribution >= 0.6 is 0 Å². The Kier molecular flexibility index (Phi) is 5.04. The molecule has 7 nitrogen and oxygen atoms in total. The summed E-state index contributed by atoms with van der Waals surface area (Å²) in [7, 11) is 0. The van der Waals surface area contributed by atoms with Gasteiger partial charge < -0.3 is 15.0 Å². The predicted molar refractivity (Wildman–Crippen MR) is 72.6 cm³/mol. The molecule has 1 heterocycles. The number of carbonyl (C=O) groups is 1. The van der Waals surface area contributed by atoms with E-state index in [-0.39, 0.29) is 24.0 Å². The first-order valence-corrected chi connectivity index (χ1v) is 6.63. The molecule has 1 fully saturated rings. The van der Waals surface area contributed by atoms with Crippen LogP contribution in [0.15, 0.2) is 18.2 Å². The second kappa shape index (κ2) is 6.98. The molecular formula is C13H16FN3O4. The normalized spacial score (nSPS) is 15.4. The van der Waals surface area contributed by atoms with E-state index in [4.69, 9.17) is 4.74 Å². The van der Waals surface area contributed by atoms with Gasteiger partial charge in [-0.3, -0.25) is 14.9 Å². The summed E-state index contributed by atoms with van der Waals surface area (Å²) in [6.07, 6.45) is 0.859. The fourth-order valence-corrected chi connectivity index (χ4v) is 2.05. The second-order valence-corrected chi connectivity index (χ2v) is 4.64.